The van der Waals surface area contributed by atoms with Crippen molar-refractivity contribution in [2.75, 3.05) is 12.4 Å². The maximum atomic E-state index is 12.5. The monoisotopic (exact) mass is 353 g/mol. The first-order chi connectivity index (χ1) is 12.6. The minimum atomic E-state index is -0.646. The zero-order valence-corrected chi connectivity index (χ0v) is 14.9. The molecule has 3 rings (SSSR count). The lowest BCUT2D eigenvalue weighted by Crippen LogP contribution is -2.52. The summed E-state index contributed by atoms with van der Waals surface area (Å²) in [5.41, 5.74) is 3.00. The van der Waals surface area contributed by atoms with Crippen molar-refractivity contribution in [2.24, 2.45) is 0 Å². The average molecular weight is 353 g/mol. The molecule has 0 bridgehead atoms. The second-order valence-corrected chi connectivity index (χ2v) is 6.36. The second-order valence-electron chi connectivity index (χ2n) is 6.36. The number of benzene rings is 2. The number of anilines is 1. The summed E-state index contributed by atoms with van der Waals surface area (Å²) in [6.07, 6.45) is 0.617. The standard InChI is InChI=1S/C20H23N3O3/c1-13(19(24)23-16-8-5-9-17(11-16)26-2)22-20(25)18-10-14-6-3-4-7-15(14)12-21-18/h3-9,11,13,18,21H,10,12H2,1-2H3,(H,22,25)(H,23,24)/t13-,18+/m0/s1. The van der Waals surface area contributed by atoms with Gasteiger partial charge < -0.3 is 20.7 Å². The van der Waals surface area contributed by atoms with Gasteiger partial charge in [-0.3, -0.25) is 9.59 Å². The number of ether oxygens (including phenoxy) is 1. The summed E-state index contributed by atoms with van der Waals surface area (Å²) in [5, 5.41) is 8.79. The van der Waals surface area contributed by atoms with Crippen LogP contribution in [-0.2, 0) is 22.6 Å². The van der Waals surface area contributed by atoms with Crippen LogP contribution < -0.4 is 20.7 Å². The van der Waals surface area contributed by atoms with E-state index >= 15 is 0 Å². The number of carbonyl (C=O) groups excluding carboxylic acids is 2. The highest BCUT2D eigenvalue weighted by Crippen LogP contribution is 2.18. The van der Waals surface area contributed by atoms with Gasteiger partial charge in [-0.05, 0) is 36.6 Å². The molecule has 0 unspecified atom stereocenters. The van der Waals surface area contributed by atoms with Crippen molar-refractivity contribution >= 4 is 17.5 Å². The fourth-order valence-corrected chi connectivity index (χ4v) is 2.97. The lowest BCUT2D eigenvalue weighted by molar-refractivity contribution is -0.127. The first kappa shape index (κ1) is 17.9. The van der Waals surface area contributed by atoms with Crippen LogP contribution in [0, 0.1) is 0 Å². The third-order valence-electron chi connectivity index (χ3n) is 4.49. The van der Waals surface area contributed by atoms with E-state index < -0.39 is 6.04 Å². The third kappa shape index (κ3) is 4.21. The van der Waals surface area contributed by atoms with Gasteiger partial charge in [0.2, 0.25) is 11.8 Å². The highest BCUT2D eigenvalue weighted by molar-refractivity contribution is 5.97. The van der Waals surface area contributed by atoms with Crippen LogP contribution in [-0.4, -0.2) is 31.0 Å². The Morgan fingerprint density at radius 2 is 1.92 bits per heavy atom. The highest BCUT2D eigenvalue weighted by Gasteiger charge is 2.26. The summed E-state index contributed by atoms with van der Waals surface area (Å²) < 4.78 is 5.14. The molecule has 2 aromatic rings. The number of hydrogen-bond donors (Lipinski definition) is 3. The van der Waals surface area contributed by atoms with E-state index in [-0.39, 0.29) is 17.9 Å². The van der Waals surface area contributed by atoms with Crippen molar-refractivity contribution in [3.05, 3.63) is 59.7 Å². The lowest BCUT2D eigenvalue weighted by atomic mass is 9.95. The molecule has 0 saturated heterocycles. The Bertz CT molecular complexity index is 806. The van der Waals surface area contributed by atoms with E-state index in [4.69, 9.17) is 4.74 Å². The Morgan fingerprint density at radius 1 is 1.15 bits per heavy atom. The minimum Gasteiger partial charge on any atom is -0.497 e. The van der Waals surface area contributed by atoms with E-state index in [1.807, 2.05) is 18.2 Å². The molecular formula is C20H23N3O3. The van der Waals surface area contributed by atoms with Crippen LogP contribution in [0.4, 0.5) is 5.69 Å². The molecule has 0 aliphatic carbocycles. The van der Waals surface area contributed by atoms with E-state index in [2.05, 4.69) is 22.0 Å². The smallest absolute Gasteiger partial charge is 0.246 e. The molecule has 1 heterocycles. The molecule has 2 amide bonds. The van der Waals surface area contributed by atoms with Crippen molar-refractivity contribution in [3.63, 3.8) is 0 Å². The SMILES string of the molecule is COc1cccc(NC(=O)[C@H](C)NC(=O)[C@H]2Cc3ccccc3CN2)c1. The van der Waals surface area contributed by atoms with Gasteiger partial charge in [0.25, 0.3) is 0 Å². The number of hydrogen-bond acceptors (Lipinski definition) is 4. The summed E-state index contributed by atoms with van der Waals surface area (Å²) in [4.78, 5) is 24.8. The third-order valence-corrected chi connectivity index (χ3v) is 4.49. The average Bonchev–Trinajstić information content (AvgIpc) is 2.67. The normalized spacial score (nSPS) is 16.9. The topological polar surface area (TPSA) is 79.5 Å². The Balaban J connectivity index is 1.56. The first-order valence-electron chi connectivity index (χ1n) is 8.62. The molecule has 3 N–H and O–H groups in total. The fourth-order valence-electron chi connectivity index (χ4n) is 2.97. The molecule has 2 atom stereocenters. The summed E-state index contributed by atoms with van der Waals surface area (Å²) in [6, 6.07) is 14.2. The zero-order valence-electron chi connectivity index (χ0n) is 14.9. The predicted molar refractivity (Wildman–Crippen MR) is 100 cm³/mol. The van der Waals surface area contributed by atoms with Gasteiger partial charge in [-0.1, -0.05) is 30.3 Å². The lowest BCUT2D eigenvalue weighted by Gasteiger charge is -2.26. The molecule has 26 heavy (non-hydrogen) atoms. The molecule has 0 saturated carbocycles. The largest absolute Gasteiger partial charge is 0.497 e. The van der Waals surface area contributed by atoms with Crippen LogP contribution in [0.5, 0.6) is 5.75 Å². The van der Waals surface area contributed by atoms with Crippen molar-refractivity contribution in [1.29, 1.82) is 0 Å². The highest BCUT2D eigenvalue weighted by atomic mass is 16.5. The van der Waals surface area contributed by atoms with E-state index in [0.29, 0.717) is 24.4 Å². The van der Waals surface area contributed by atoms with Gasteiger partial charge in [-0.2, -0.15) is 0 Å². The molecule has 0 spiro atoms. The van der Waals surface area contributed by atoms with Gasteiger partial charge in [0.05, 0.1) is 13.2 Å². The van der Waals surface area contributed by atoms with Crippen molar-refractivity contribution in [3.8, 4) is 5.75 Å². The molecule has 6 nitrogen and oxygen atoms in total. The van der Waals surface area contributed by atoms with Gasteiger partial charge in [-0.25, -0.2) is 0 Å². The molecule has 1 aliphatic heterocycles. The second kappa shape index (κ2) is 8.01. The van der Waals surface area contributed by atoms with E-state index in [1.165, 1.54) is 11.1 Å². The maximum absolute atomic E-state index is 12.5. The van der Waals surface area contributed by atoms with E-state index in [1.54, 1.807) is 38.3 Å². The summed E-state index contributed by atoms with van der Waals surface area (Å²) >= 11 is 0. The molecule has 0 fully saturated rings. The Labute approximate surface area is 152 Å². The number of nitrogens with one attached hydrogen (secondary N) is 3. The Hall–Kier alpha value is -2.86. The summed E-state index contributed by atoms with van der Waals surface area (Å²) in [6.45, 7) is 2.32. The van der Waals surface area contributed by atoms with Crippen molar-refractivity contribution < 1.29 is 14.3 Å². The number of fused-ring (bicyclic) bond motifs is 1. The summed E-state index contributed by atoms with van der Waals surface area (Å²) in [5.74, 6) is 0.208. The molecular weight excluding hydrogens is 330 g/mol. The van der Waals surface area contributed by atoms with Crippen LogP contribution >= 0.6 is 0 Å². The van der Waals surface area contributed by atoms with Crippen molar-refractivity contribution in [2.45, 2.75) is 32.0 Å². The zero-order chi connectivity index (χ0) is 18.5. The maximum Gasteiger partial charge on any atom is 0.246 e. The van der Waals surface area contributed by atoms with E-state index in [9.17, 15) is 9.59 Å². The van der Waals surface area contributed by atoms with E-state index in [0.717, 1.165) is 0 Å². The summed E-state index contributed by atoms with van der Waals surface area (Å²) in [7, 11) is 1.57. The fraction of sp³-hybridized carbons (Fsp3) is 0.300. The Morgan fingerprint density at radius 3 is 2.69 bits per heavy atom. The number of methoxy groups -OCH3 is 1. The quantitative estimate of drug-likeness (QED) is 0.766. The first-order valence-corrected chi connectivity index (χ1v) is 8.62. The molecule has 1 aliphatic rings. The molecule has 0 radical (unpaired) electrons. The van der Waals surface area contributed by atoms with Gasteiger partial charge in [0, 0.05) is 18.3 Å². The minimum absolute atomic E-state index is 0.173. The molecule has 136 valence electrons. The number of amides is 2. The van der Waals surface area contributed by atoms with Crippen LogP contribution in [0.25, 0.3) is 0 Å². The van der Waals surface area contributed by atoms with Crippen LogP contribution in [0.1, 0.15) is 18.1 Å². The van der Waals surface area contributed by atoms with Crippen molar-refractivity contribution in [1.82, 2.24) is 10.6 Å². The van der Waals surface area contributed by atoms with Gasteiger partial charge in [-0.15, -0.1) is 0 Å². The van der Waals surface area contributed by atoms with Crippen LogP contribution in [0.3, 0.4) is 0 Å². The Kier molecular flexibility index (Phi) is 5.53. The van der Waals surface area contributed by atoms with Gasteiger partial charge >= 0.3 is 0 Å². The number of rotatable bonds is 5. The predicted octanol–water partition coefficient (Wildman–Crippen LogP) is 1.85. The number of carbonyl (C=O) groups is 2. The van der Waals surface area contributed by atoms with Gasteiger partial charge in [0.15, 0.2) is 0 Å². The molecule has 0 aromatic heterocycles. The molecule has 2 aromatic carbocycles. The van der Waals surface area contributed by atoms with Crippen LogP contribution in [0.15, 0.2) is 48.5 Å². The molecule has 6 heteroatoms. The van der Waals surface area contributed by atoms with Crippen LogP contribution in [0.2, 0.25) is 0 Å². The van der Waals surface area contributed by atoms with Gasteiger partial charge in [0.1, 0.15) is 11.8 Å².